The summed E-state index contributed by atoms with van der Waals surface area (Å²) in [5, 5.41) is 1.24. The van der Waals surface area contributed by atoms with Gasteiger partial charge < -0.3 is 9.64 Å². The number of methoxy groups -OCH3 is 1. The summed E-state index contributed by atoms with van der Waals surface area (Å²) in [5.74, 6) is 1.55. The standard InChI is InChI=1S/C23H28ClN3O2S2/c1-5-26(6-2)13-14-27(22(28)16-9-8-10-17(15-16)30-7-3)23-25-20-19(29-4)12-11-18(24)21(20)31-23/h8-12,15H,5-7,13-14H2,1-4H3. The number of hydrogen-bond donors (Lipinski definition) is 0. The summed E-state index contributed by atoms with van der Waals surface area (Å²) in [6.45, 7) is 9.54. The van der Waals surface area contributed by atoms with Gasteiger partial charge in [-0.05, 0) is 49.2 Å². The Labute approximate surface area is 197 Å². The maximum Gasteiger partial charge on any atom is 0.260 e. The van der Waals surface area contributed by atoms with Gasteiger partial charge >= 0.3 is 0 Å². The molecule has 1 aromatic heterocycles. The maximum atomic E-state index is 13.6. The van der Waals surface area contributed by atoms with E-state index in [1.54, 1.807) is 29.8 Å². The molecule has 2 aromatic carbocycles. The van der Waals surface area contributed by atoms with Crippen molar-refractivity contribution in [2.45, 2.75) is 25.7 Å². The summed E-state index contributed by atoms with van der Waals surface area (Å²) >= 11 is 9.58. The molecule has 8 heteroatoms. The number of benzene rings is 2. The Morgan fingerprint density at radius 2 is 1.94 bits per heavy atom. The molecule has 0 radical (unpaired) electrons. The molecule has 0 fully saturated rings. The van der Waals surface area contributed by atoms with E-state index in [4.69, 9.17) is 21.3 Å². The Morgan fingerprint density at radius 1 is 1.16 bits per heavy atom. The van der Waals surface area contributed by atoms with Crippen molar-refractivity contribution < 1.29 is 9.53 Å². The third-order valence-corrected chi connectivity index (χ3v) is 7.48. The molecule has 1 heterocycles. The number of aromatic nitrogens is 1. The second-order valence-corrected chi connectivity index (χ2v) is 9.59. The van der Waals surface area contributed by atoms with E-state index in [2.05, 4.69) is 25.7 Å². The fourth-order valence-corrected chi connectivity index (χ4v) is 5.33. The minimum atomic E-state index is -0.0557. The minimum Gasteiger partial charge on any atom is -0.494 e. The summed E-state index contributed by atoms with van der Waals surface area (Å²) in [6, 6.07) is 11.4. The lowest BCUT2D eigenvalue weighted by Crippen LogP contribution is -2.38. The summed E-state index contributed by atoms with van der Waals surface area (Å²) in [7, 11) is 1.61. The van der Waals surface area contributed by atoms with Crippen molar-refractivity contribution in [2.75, 3.05) is 43.9 Å². The molecule has 3 aromatic rings. The summed E-state index contributed by atoms with van der Waals surface area (Å²) in [4.78, 5) is 23.5. The monoisotopic (exact) mass is 477 g/mol. The van der Waals surface area contributed by atoms with Crippen molar-refractivity contribution in [3.63, 3.8) is 0 Å². The fourth-order valence-electron chi connectivity index (χ4n) is 3.33. The average molecular weight is 478 g/mol. The van der Waals surface area contributed by atoms with Gasteiger partial charge in [0.1, 0.15) is 11.3 Å². The first-order valence-electron chi connectivity index (χ1n) is 10.4. The number of anilines is 1. The largest absolute Gasteiger partial charge is 0.494 e. The molecule has 0 saturated heterocycles. The first-order chi connectivity index (χ1) is 15.0. The van der Waals surface area contributed by atoms with Gasteiger partial charge in [0.25, 0.3) is 5.91 Å². The highest BCUT2D eigenvalue weighted by atomic mass is 35.5. The molecule has 0 N–H and O–H groups in total. The Hall–Kier alpha value is -1.80. The smallest absolute Gasteiger partial charge is 0.260 e. The molecule has 0 unspecified atom stereocenters. The number of thioether (sulfide) groups is 1. The topological polar surface area (TPSA) is 45.7 Å². The van der Waals surface area contributed by atoms with Crippen molar-refractivity contribution in [2.24, 2.45) is 0 Å². The molecule has 0 spiro atoms. The van der Waals surface area contributed by atoms with E-state index in [1.807, 2.05) is 30.3 Å². The predicted molar refractivity (Wildman–Crippen MR) is 133 cm³/mol. The Kier molecular flexibility index (Phi) is 8.60. The van der Waals surface area contributed by atoms with E-state index in [9.17, 15) is 4.79 Å². The molecule has 5 nitrogen and oxygen atoms in total. The zero-order chi connectivity index (χ0) is 22.4. The van der Waals surface area contributed by atoms with Gasteiger partial charge in [-0.15, -0.1) is 11.8 Å². The molecule has 0 aliphatic carbocycles. The SMILES string of the molecule is CCSc1cccc(C(=O)N(CCN(CC)CC)c2nc3c(OC)ccc(Cl)c3s2)c1. The Bertz CT molecular complexity index is 1040. The highest BCUT2D eigenvalue weighted by Gasteiger charge is 2.24. The van der Waals surface area contributed by atoms with E-state index < -0.39 is 0 Å². The van der Waals surface area contributed by atoms with E-state index >= 15 is 0 Å². The number of likely N-dealkylation sites (N-methyl/N-ethyl adjacent to an activating group) is 1. The zero-order valence-electron chi connectivity index (χ0n) is 18.4. The molecule has 0 aliphatic heterocycles. The fraction of sp³-hybridized carbons (Fsp3) is 0.391. The van der Waals surface area contributed by atoms with Crippen molar-refractivity contribution in [1.82, 2.24) is 9.88 Å². The van der Waals surface area contributed by atoms with Gasteiger partial charge in [-0.1, -0.05) is 49.8 Å². The van der Waals surface area contributed by atoms with Crippen molar-refractivity contribution in [3.8, 4) is 5.75 Å². The van der Waals surface area contributed by atoms with Gasteiger partial charge in [0, 0.05) is 23.5 Å². The average Bonchev–Trinajstić information content (AvgIpc) is 3.23. The van der Waals surface area contributed by atoms with Gasteiger partial charge in [-0.2, -0.15) is 0 Å². The molecule has 0 atom stereocenters. The number of ether oxygens (including phenoxy) is 1. The number of fused-ring (bicyclic) bond motifs is 1. The van der Waals surface area contributed by atoms with Gasteiger partial charge in [-0.25, -0.2) is 4.98 Å². The van der Waals surface area contributed by atoms with Crippen molar-refractivity contribution >= 4 is 56.0 Å². The molecule has 0 saturated carbocycles. The number of rotatable bonds is 10. The van der Waals surface area contributed by atoms with Crippen LogP contribution in [-0.2, 0) is 0 Å². The number of halogens is 1. The van der Waals surface area contributed by atoms with Crippen molar-refractivity contribution in [1.29, 1.82) is 0 Å². The van der Waals surface area contributed by atoms with Gasteiger partial charge in [-0.3, -0.25) is 9.69 Å². The highest BCUT2D eigenvalue weighted by molar-refractivity contribution is 7.99. The van der Waals surface area contributed by atoms with Crippen LogP contribution in [0.25, 0.3) is 10.2 Å². The number of carbonyl (C=O) groups excluding carboxylic acids is 1. The van der Waals surface area contributed by atoms with Crippen LogP contribution in [0.15, 0.2) is 41.3 Å². The first kappa shape index (κ1) is 23.9. The van der Waals surface area contributed by atoms with Crippen LogP contribution in [0.1, 0.15) is 31.1 Å². The van der Waals surface area contributed by atoms with Crippen molar-refractivity contribution in [3.05, 3.63) is 47.0 Å². The van der Waals surface area contributed by atoms with E-state index in [-0.39, 0.29) is 5.91 Å². The third-order valence-electron chi connectivity index (χ3n) is 5.07. The Morgan fingerprint density at radius 3 is 2.61 bits per heavy atom. The van der Waals surface area contributed by atoms with Crippen LogP contribution in [0.5, 0.6) is 5.75 Å². The second kappa shape index (κ2) is 11.2. The van der Waals surface area contributed by atoms with E-state index in [1.165, 1.54) is 11.3 Å². The zero-order valence-corrected chi connectivity index (χ0v) is 20.7. The third kappa shape index (κ3) is 5.52. The molecule has 0 aliphatic rings. The highest BCUT2D eigenvalue weighted by Crippen LogP contribution is 2.39. The summed E-state index contributed by atoms with van der Waals surface area (Å²) < 4.78 is 6.29. The normalized spacial score (nSPS) is 11.3. The first-order valence-corrected chi connectivity index (χ1v) is 12.6. The lowest BCUT2D eigenvalue weighted by Gasteiger charge is -2.25. The van der Waals surface area contributed by atoms with Gasteiger partial charge in [0.05, 0.1) is 16.8 Å². The predicted octanol–water partition coefficient (Wildman–Crippen LogP) is 6.06. The number of thiazole rings is 1. The van der Waals surface area contributed by atoms with Gasteiger partial charge in [0.2, 0.25) is 0 Å². The van der Waals surface area contributed by atoms with E-state index in [0.29, 0.717) is 33.5 Å². The molecule has 1 amide bonds. The van der Waals surface area contributed by atoms with Crippen LogP contribution in [0.2, 0.25) is 5.02 Å². The van der Waals surface area contributed by atoms with Crippen LogP contribution in [0.3, 0.4) is 0 Å². The lowest BCUT2D eigenvalue weighted by atomic mass is 10.2. The molecule has 166 valence electrons. The molecular weight excluding hydrogens is 450 g/mol. The number of hydrogen-bond acceptors (Lipinski definition) is 6. The second-order valence-electron chi connectivity index (χ2n) is 6.87. The number of nitrogens with zero attached hydrogens (tertiary/aromatic N) is 3. The number of amides is 1. The van der Waals surface area contributed by atoms with Gasteiger partial charge in [0.15, 0.2) is 5.13 Å². The molecule has 0 bridgehead atoms. The maximum absolute atomic E-state index is 13.6. The number of carbonyl (C=O) groups is 1. The quantitative estimate of drug-likeness (QED) is 0.332. The van der Waals surface area contributed by atoms with Crippen LogP contribution in [-0.4, -0.2) is 54.8 Å². The molecule has 3 rings (SSSR count). The van der Waals surface area contributed by atoms with Crippen LogP contribution in [0.4, 0.5) is 5.13 Å². The summed E-state index contributed by atoms with van der Waals surface area (Å²) in [5.41, 5.74) is 1.35. The van der Waals surface area contributed by atoms with Crippen LogP contribution >= 0.6 is 34.7 Å². The Balaban J connectivity index is 2.02. The summed E-state index contributed by atoms with van der Waals surface area (Å²) in [6.07, 6.45) is 0. The van der Waals surface area contributed by atoms with E-state index in [0.717, 1.165) is 35.0 Å². The van der Waals surface area contributed by atoms with Crippen LogP contribution < -0.4 is 9.64 Å². The molecule has 31 heavy (non-hydrogen) atoms. The van der Waals surface area contributed by atoms with Crippen LogP contribution in [0, 0.1) is 0 Å². The lowest BCUT2D eigenvalue weighted by molar-refractivity contribution is 0.0983. The molecular formula is C23H28ClN3O2S2. The minimum absolute atomic E-state index is 0.0557.